The van der Waals surface area contributed by atoms with Crippen LogP contribution in [0.1, 0.15) is 9.67 Å². The highest BCUT2D eigenvalue weighted by atomic mass is 32.1. The van der Waals surface area contributed by atoms with Gasteiger partial charge in [-0.3, -0.25) is 21.0 Å². The minimum atomic E-state index is -0.258. The number of rotatable bonds is 2. The Labute approximate surface area is 136 Å². The summed E-state index contributed by atoms with van der Waals surface area (Å²) in [4.78, 5) is 12.3. The number of carbonyl (C=O) groups is 1. The predicted octanol–water partition coefficient (Wildman–Crippen LogP) is 2.25. The van der Waals surface area contributed by atoms with E-state index in [1.807, 2.05) is 35.7 Å². The quantitative estimate of drug-likeness (QED) is 0.498. The fourth-order valence-corrected chi connectivity index (χ4v) is 2.33. The Hall–Kier alpha value is -2.03. The number of benzene rings is 1. The first-order valence-corrected chi connectivity index (χ1v) is 7.61. The van der Waals surface area contributed by atoms with Gasteiger partial charge in [-0.05, 0) is 48.0 Å². The molecule has 2 rings (SSSR count). The molecule has 4 N–H and O–H groups in total. The SMILES string of the molecule is O=C(NC(=S)NNC(=S)Nc1ccccc1)c1cccs1. The van der Waals surface area contributed by atoms with Crippen molar-refractivity contribution in [2.45, 2.75) is 0 Å². The molecule has 1 aromatic heterocycles. The monoisotopic (exact) mass is 336 g/mol. The second-order valence-corrected chi connectivity index (χ2v) is 5.59. The molecule has 1 aromatic carbocycles. The van der Waals surface area contributed by atoms with Crippen molar-refractivity contribution in [2.24, 2.45) is 0 Å². The summed E-state index contributed by atoms with van der Waals surface area (Å²) in [7, 11) is 0. The van der Waals surface area contributed by atoms with Gasteiger partial charge in [-0.25, -0.2) is 0 Å². The third-order valence-corrected chi connectivity index (χ3v) is 3.57. The Bertz CT molecular complexity index is 628. The van der Waals surface area contributed by atoms with Crippen LogP contribution in [0, 0.1) is 0 Å². The van der Waals surface area contributed by atoms with Gasteiger partial charge in [0.25, 0.3) is 5.91 Å². The summed E-state index contributed by atoms with van der Waals surface area (Å²) in [6.07, 6.45) is 0. The van der Waals surface area contributed by atoms with Crippen molar-refractivity contribution >= 4 is 57.6 Å². The zero-order valence-corrected chi connectivity index (χ0v) is 13.2. The molecule has 0 radical (unpaired) electrons. The first-order chi connectivity index (χ1) is 10.1. The van der Waals surface area contributed by atoms with Gasteiger partial charge in [0.2, 0.25) is 0 Å². The standard InChI is InChI=1S/C13H12N4OS3/c18-11(10-7-4-8-21-10)15-13(20)17-16-12(19)14-9-5-2-1-3-6-9/h1-8H,(H2,14,16,19)(H2,15,17,18,20). The lowest BCUT2D eigenvalue weighted by Crippen LogP contribution is -2.49. The van der Waals surface area contributed by atoms with Gasteiger partial charge < -0.3 is 5.32 Å². The second kappa shape index (κ2) is 7.67. The van der Waals surface area contributed by atoms with Crippen LogP contribution in [0.5, 0.6) is 0 Å². The minimum Gasteiger partial charge on any atom is -0.331 e. The van der Waals surface area contributed by atoms with Gasteiger partial charge in [-0.2, -0.15) is 0 Å². The van der Waals surface area contributed by atoms with Gasteiger partial charge in [-0.1, -0.05) is 24.3 Å². The lowest BCUT2D eigenvalue weighted by atomic mass is 10.3. The van der Waals surface area contributed by atoms with E-state index in [1.54, 1.807) is 12.1 Å². The summed E-state index contributed by atoms with van der Waals surface area (Å²) in [5, 5.41) is 7.82. The molecular formula is C13H12N4OS3. The minimum absolute atomic E-state index is 0.144. The summed E-state index contributed by atoms with van der Waals surface area (Å²) in [5.74, 6) is -0.258. The molecule has 108 valence electrons. The first kappa shape index (κ1) is 15.4. The highest BCUT2D eigenvalue weighted by Gasteiger charge is 2.08. The van der Waals surface area contributed by atoms with Crippen molar-refractivity contribution in [1.29, 1.82) is 0 Å². The molecule has 0 unspecified atom stereocenters. The van der Waals surface area contributed by atoms with Crippen LogP contribution in [0.4, 0.5) is 5.69 Å². The molecule has 0 aliphatic heterocycles. The smallest absolute Gasteiger partial charge is 0.267 e. The zero-order chi connectivity index (χ0) is 15.1. The van der Waals surface area contributed by atoms with E-state index in [0.29, 0.717) is 9.99 Å². The van der Waals surface area contributed by atoms with Gasteiger partial charge in [-0.15, -0.1) is 11.3 Å². The van der Waals surface area contributed by atoms with Crippen LogP contribution in [-0.4, -0.2) is 16.1 Å². The number of para-hydroxylation sites is 1. The van der Waals surface area contributed by atoms with Gasteiger partial charge in [0, 0.05) is 5.69 Å². The zero-order valence-electron chi connectivity index (χ0n) is 10.8. The highest BCUT2D eigenvalue weighted by molar-refractivity contribution is 7.80. The molecule has 0 spiro atoms. The molecule has 0 fully saturated rings. The Kier molecular flexibility index (Phi) is 5.61. The van der Waals surface area contributed by atoms with Crippen molar-refractivity contribution in [2.75, 3.05) is 5.32 Å². The van der Waals surface area contributed by atoms with Crippen LogP contribution in [0.25, 0.3) is 0 Å². The van der Waals surface area contributed by atoms with Gasteiger partial charge in [0.15, 0.2) is 10.2 Å². The van der Waals surface area contributed by atoms with Crippen LogP contribution < -0.4 is 21.5 Å². The van der Waals surface area contributed by atoms with Crippen molar-refractivity contribution in [3.63, 3.8) is 0 Å². The lowest BCUT2D eigenvalue weighted by molar-refractivity contribution is 0.0980. The van der Waals surface area contributed by atoms with E-state index in [1.165, 1.54) is 11.3 Å². The topological polar surface area (TPSA) is 65.2 Å². The first-order valence-electron chi connectivity index (χ1n) is 5.92. The van der Waals surface area contributed by atoms with Crippen LogP contribution >= 0.6 is 35.8 Å². The highest BCUT2D eigenvalue weighted by Crippen LogP contribution is 2.07. The molecule has 5 nitrogen and oxygen atoms in total. The maximum atomic E-state index is 11.7. The van der Waals surface area contributed by atoms with Crippen LogP contribution in [0.3, 0.4) is 0 Å². The van der Waals surface area contributed by atoms with E-state index in [0.717, 1.165) is 5.69 Å². The average Bonchev–Trinajstić information content (AvgIpc) is 3.00. The van der Waals surface area contributed by atoms with Crippen LogP contribution in [0.2, 0.25) is 0 Å². The average molecular weight is 336 g/mol. The Morgan fingerprint density at radius 1 is 0.952 bits per heavy atom. The molecule has 8 heteroatoms. The number of hydrogen-bond donors (Lipinski definition) is 4. The molecule has 0 bridgehead atoms. The molecule has 0 aliphatic carbocycles. The number of thiocarbonyl (C=S) groups is 2. The van der Waals surface area contributed by atoms with Crippen molar-refractivity contribution in [1.82, 2.24) is 16.2 Å². The normalized spacial score (nSPS) is 9.52. The molecule has 0 saturated carbocycles. The third-order valence-electron chi connectivity index (χ3n) is 2.29. The van der Waals surface area contributed by atoms with Crippen molar-refractivity contribution < 1.29 is 4.79 Å². The number of anilines is 1. The fourth-order valence-electron chi connectivity index (χ4n) is 1.40. The molecule has 1 amide bonds. The molecular weight excluding hydrogens is 324 g/mol. The number of nitrogens with one attached hydrogen (secondary N) is 4. The predicted molar refractivity (Wildman–Crippen MR) is 93.3 cm³/mol. The Balaban J connectivity index is 1.74. The molecule has 21 heavy (non-hydrogen) atoms. The van der Waals surface area contributed by atoms with Crippen LogP contribution in [-0.2, 0) is 0 Å². The third kappa shape index (κ3) is 5.10. The summed E-state index contributed by atoms with van der Waals surface area (Å²) in [5.41, 5.74) is 6.20. The number of hydrogen-bond acceptors (Lipinski definition) is 4. The molecule has 2 aromatic rings. The number of thiophene rings is 1. The van der Waals surface area contributed by atoms with Crippen LogP contribution in [0.15, 0.2) is 47.8 Å². The summed E-state index contributed by atoms with van der Waals surface area (Å²) < 4.78 is 0. The fraction of sp³-hybridized carbons (Fsp3) is 0. The molecule has 1 heterocycles. The number of carbonyl (C=O) groups excluding carboxylic acids is 1. The van der Waals surface area contributed by atoms with E-state index >= 15 is 0 Å². The van der Waals surface area contributed by atoms with Gasteiger partial charge in [0.05, 0.1) is 4.88 Å². The molecule has 0 aliphatic rings. The molecule has 0 atom stereocenters. The van der Waals surface area contributed by atoms with Gasteiger partial charge >= 0.3 is 0 Å². The maximum Gasteiger partial charge on any atom is 0.267 e. The molecule has 0 saturated heterocycles. The van der Waals surface area contributed by atoms with Crippen molar-refractivity contribution in [3.05, 3.63) is 52.7 Å². The van der Waals surface area contributed by atoms with E-state index in [4.69, 9.17) is 24.4 Å². The summed E-state index contributed by atoms with van der Waals surface area (Å²) in [6.45, 7) is 0. The largest absolute Gasteiger partial charge is 0.331 e. The van der Waals surface area contributed by atoms with E-state index < -0.39 is 0 Å². The Morgan fingerprint density at radius 2 is 1.67 bits per heavy atom. The van der Waals surface area contributed by atoms with E-state index in [9.17, 15) is 4.79 Å². The van der Waals surface area contributed by atoms with E-state index in [-0.39, 0.29) is 11.0 Å². The van der Waals surface area contributed by atoms with Crippen molar-refractivity contribution in [3.8, 4) is 0 Å². The number of amides is 1. The summed E-state index contributed by atoms with van der Waals surface area (Å²) >= 11 is 11.4. The summed E-state index contributed by atoms with van der Waals surface area (Å²) in [6, 6.07) is 13.0. The lowest BCUT2D eigenvalue weighted by Gasteiger charge is -2.13. The Morgan fingerprint density at radius 3 is 2.33 bits per heavy atom. The maximum absolute atomic E-state index is 11.7. The van der Waals surface area contributed by atoms with E-state index in [2.05, 4.69) is 21.5 Å². The second-order valence-electron chi connectivity index (χ2n) is 3.83. The number of hydrazine groups is 1. The van der Waals surface area contributed by atoms with Gasteiger partial charge in [0.1, 0.15) is 0 Å².